The molecule has 102 valence electrons. The highest BCUT2D eigenvalue weighted by Gasteiger charge is 2.15. The van der Waals surface area contributed by atoms with Crippen LogP contribution >= 0.6 is 12.4 Å². The van der Waals surface area contributed by atoms with E-state index in [-0.39, 0.29) is 12.4 Å². The second-order valence-electron chi connectivity index (χ2n) is 4.67. The smallest absolute Gasteiger partial charge is 0.119 e. The Kier molecular flexibility index (Phi) is 6.47. The molecule has 1 heterocycles. The number of benzene rings is 1. The number of ether oxygens (including phenoxy) is 1. The summed E-state index contributed by atoms with van der Waals surface area (Å²) in [6.07, 6.45) is 0. The van der Waals surface area contributed by atoms with Gasteiger partial charge >= 0.3 is 0 Å². The molecule has 0 unspecified atom stereocenters. The van der Waals surface area contributed by atoms with E-state index in [0.29, 0.717) is 6.04 Å². The fourth-order valence-corrected chi connectivity index (χ4v) is 2.27. The number of nitrogens with zero attached hydrogens (tertiary/aromatic N) is 1. The minimum Gasteiger partial charge on any atom is -0.494 e. The summed E-state index contributed by atoms with van der Waals surface area (Å²) in [6, 6.07) is 9.05. The Morgan fingerprint density at radius 1 is 1.33 bits per heavy atom. The van der Waals surface area contributed by atoms with Gasteiger partial charge < -0.3 is 10.1 Å². The van der Waals surface area contributed by atoms with Crippen molar-refractivity contribution in [1.82, 2.24) is 10.2 Å². The second kappa shape index (κ2) is 7.62. The Balaban J connectivity index is 0.00000162. The van der Waals surface area contributed by atoms with Gasteiger partial charge in [-0.1, -0.05) is 12.1 Å². The van der Waals surface area contributed by atoms with Gasteiger partial charge in [0.05, 0.1) is 6.61 Å². The van der Waals surface area contributed by atoms with Crippen LogP contribution in [0.4, 0.5) is 0 Å². The zero-order valence-electron chi connectivity index (χ0n) is 11.2. The Morgan fingerprint density at radius 3 is 2.67 bits per heavy atom. The summed E-state index contributed by atoms with van der Waals surface area (Å²) in [6.45, 7) is 9.39. The maximum atomic E-state index is 5.44. The highest BCUT2D eigenvalue weighted by molar-refractivity contribution is 5.85. The highest BCUT2D eigenvalue weighted by Crippen LogP contribution is 2.14. The van der Waals surface area contributed by atoms with Crippen molar-refractivity contribution in [2.24, 2.45) is 0 Å². The van der Waals surface area contributed by atoms with E-state index < -0.39 is 0 Å². The average Bonchev–Trinajstić information content (AvgIpc) is 2.32. The van der Waals surface area contributed by atoms with Crippen LogP contribution in [0.1, 0.15) is 19.4 Å². The largest absolute Gasteiger partial charge is 0.494 e. The van der Waals surface area contributed by atoms with Crippen molar-refractivity contribution in [3.8, 4) is 5.75 Å². The molecule has 4 heteroatoms. The fraction of sp³-hybridized carbons (Fsp3) is 0.571. The van der Waals surface area contributed by atoms with E-state index in [1.807, 2.05) is 6.92 Å². The summed E-state index contributed by atoms with van der Waals surface area (Å²) in [5.41, 5.74) is 1.36. The van der Waals surface area contributed by atoms with Crippen molar-refractivity contribution < 1.29 is 4.74 Å². The molecule has 1 aliphatic rings. The molecule has 0 aromatic heterocycles. The van der Waals surface area contributed by atoms with Gasteiger partial charge in [0.25, 0.3) is 0 Å². The van der Waals surface area contributed by atoms with Gasteiger partial charge in [0.1, 0.15) is 5.75 Å². The summed E-state index contributed by atoms with van der Waals surface area (Å²) in [4.78, 5) is 2.50. The molecule has 3 nitrogen and oxygen atoms in total. The van der Waals surface area contributed by atoms with Crippen LogP contribution in [-0.2, 0) is 6.54 Å². The van der Waals surface area contributed by atoms with Gasteiger partial charge in [-0.05, 0) is 31.5 Å². The normalized spacial score (nSPS) is 20.2. The summed E-state index contributed by atoms with van der Waals surface area (Å²) in [5, 5.41) is 3.46. The van der Waals surface area contributed by atoms with Crippen LogP contribution in [0.2, 0.25) is 0 Å². The Morgan fingerprint density at radius 2 is 2.06 bits per heavy atom. The molecular weight excluding hydrogens is 248 g/mol. The van der Waals surface area contributed by atoms with Gasteiger partial charge in [0, 0.05) is 32.2 Å². The highest BCUT2D eigenvalue weighted by atomic mass is 35.5. The fourth-order valence-electron chi connectivity index (χ4n) is 2.27. The average molecular weight is 271 g/mol. The maximum Gasteiger partial charge on any atom is 0.119 e. The van der Waals surface area contributed by atoms with Crippen molar-refractivity contribution >= 4 is 12.4 Å². The van der Waals surface area contributed by atoms with Crippen molar-refractivity contribution in [1.29, 1.82) is 0 Å². The lowest BCUT2D eigenvalue weighted by atomic mass is 10.1. The van der Waals surface area contributed by atoms with E-state index in [4.69, 9.17) is 4.74 Å². The Labute approximate surface area is 116 Å². The van der Waals surface area contributed by atoms with Crippen molar-refractivity contribution in [2.45, 2.75) is 26.4 Å². The third kappa shape index (κ3) is 4.48. The standard InChI is InChI=1S/C14H22N2O.ClH/c1-3-17-14-6-4-13(5-7-14)11-16-9-8-15-12(2)10-16;/h4-7,12,15H,3,8-11H2,1-2H3;1H/t12-;/m1./s1. The van der Waals surface area contributed by atoms with Crippen LogP contribution in [0.15, 0.2) is 24.3 Å². The lowest BCUT2D eigenvalue weighted by Gasteiger charge is -2.31. The van der Waals surface area contributed by atoms with E-state index in [1.165, 1.54) is 5.56 Å². The lowest BCUT2D eigenvalue weighted by Crippen LogP contribution is -2.48. The molecule has 0 aliphatic carbocycles. The number of hydrogen-bond donors (Lipinski definition) is 1. The first-order chi connectivity index (χ1) is 8.28. The van der Waals surface area contributed by atoms with Crippen molar-refractivity contribution in [3.05, 3.63) is 29.8 Å². The molecule has 1 aromatic carbocycles. The second-order valence-corrected chi connectivity index (χ2v) is 4.67. The van der Waals surface area contributed by atoms with Gasteiger partial charge in [-0.15, -0.1) is 12.4 Å². The quantitative estimate of drug-likeness (QED) is 0.909. The summed E-state index contributed by atoms with van der Waals surface area (Å²) in [5.74, 6) is 0.963. The maximum absolute atomic E-state index is 5.44. The number of halogens is 1. The topological polar surface area (TPSA) is 24.5 Å². The third-order valence-corrected chi connectivity index (χ3v) is 3.09. The number of nitrogens with one attached hydrogen (secondary N) is 1. The van der Waals surface area contributed by atoms with E-state index >= 15 is 0 Å². The molecule has 0 bridgehead atoms. The van der Waals surface area contributed by atoms with Gasteiger partial charge in [0.2, 0.25) is 0 Å². The summed E-state index contributed by atoms with van der Waals surface area (Å²) in [7, 11) is 0. The van der Waals surface area contributed by atoms with Gasteiger partial charge in [-0.3, -0.25) is 4.90 Å². The SMILES string of the molecule is CCOc1ccc(CN2CCN[C@H](C)C2)cc1.Cl. The van der Waals surface area contributed by atoms with Crippen LogP contribution in [0.5, 0.6) is 5.75 Å². The minimum absolute atomic E-state index is 0. The predicted octanol–water partition coefficient (Wildman–Crippen LogP) is 2.30. The van der Waals surface area contributed by atoms with Gasteiger partial charge in [-0.2, -0.15) is 0 Å². The number of piperazine rings is 1. The third-order valence-electron chi connectivity index (χ3n) is 3.09. The van der Waals surface area contributed by atoms with Crippen LogP contribution in [0.25, 0.3) is 0 Å². The molecule has 0 radical (unpaired) electrons. The molecule has 1 fully saturated rings. The molecule has 2 rings (SSSR count). The minimum atomic E-state index is 0. The first-order valence-corrected chi connectivity index (χ1v) is 6.45. The van der Waals surface area contributed by atoms with Crippen molar-refractivity contribution in [2.75, 3.05) is 26.2 Å². The van der Waals surface area contributed by atoms with E-state index in [0.717, 1.165) is 38.5 Å². The zero-order valence-corrected chi connectivity index (χ0v) is 12.0. The number of hydrogen-bond acceptors (Lipinski definition) is 3. The van der Waals surface area contributed by atoms with Crippen LogP contribution < -0.4 is 10.1 Å². The van der Waals surface area contributed by atoms with Gasteiger partial charge in [-0.25, -0.2) is 0 Å². The van der Waals surface area contributed by atoms with Gasteiger partial charge in [0.15, 0.2) is 0 Å². The van der Waals surface area contributed by atoms with Crippen LogP contribution in [-0.4, -0.2) is 37.2 Å². The Bertz CT molecular complexity index is 342. The molecule has 1 aliphatic heterocycles. The molecule has 0 saturated carbocycles. The lowest BCUT2D eigenvalue weighted by molar-refractivity contribution is 0.199. The summed E-state index contributed by atoms with van der Waals surface area (Å²) >= 11 is 0. The summed E-state index contributed by atoms with van der Waals surface area (Å²) < 4.78 is 5.44. The monoisotopic (exact) mass is 270 g/mol. The molecule has 1 atom stereocenters. The van der Waals surface area contributed by atoms with E-state index in [1.54, 1.807) is 0 Å². The molecule has 1 saturated heterocycles. The predicted molar refractivity (Wildman–Crippen MR) is 77.6 cm³/mol. The first kappa shape index (κ1) is 15.3. The zero-order chi connectivity index (χ0) is 12.1. The first-order valence-electron chi connectivity index (χ1n) is 6.45. The van der Waals surface area contributed by atoms with Crippen LogP contribution in [0.3, 0.4) is 0 Å². The molecule has 1 aromatic rings. The molecule has 0 amide bonds. The molecule has 1 N–H and O–H groups in total. The van der Waals surface area contributed by atoms with E-state index in [2.05, 4.69) is 41.4 Å². The van der Waals surface area contributed by atoms with Crippen LogP contribution in [0, 0.1) is 0 Å². The molecule has 0 spiro atoms. The number of rotatable bonds is 4. The van der Waals surface area contributed by atoms with E-state index in [9.17, 15) is 0 Å². The molecular formula is C14H23ClN2O. The van der Waals surface area contributed by atoms with Crippen molar-refractivity contribution in [3.63, 3.8) is 0 Å². The molecule has 18 heavy (non-hydrogen) atoms. The Hall–Kier alpha value is -0.770.